The van der Waals surface area contributed by atoms with Crippen LogP contribution in [0.2, 0.25) is 0 Å². The Kier molecular flexibility index (Phi) is 5.07. The number of furan rings is 1. The van der Waals surface area contributed by atoms with E-state index in [1.807, 2.05) is 78.9 Å². The Bertz CT molecular complexity index is 2850. The zero-order valence-electron chi connectivity index (χ0n) is 33.6. The minimum atomic E-state index is -0.402. The van der Waals surface area contributed by atoms with Crippen molar-refractivity contribution in [2.24, 2.45) is 0 Å². The maximum absolute atomic E-state index is 9.51. The zero-order valence-corrected chi connectivity index (χ0v) is 25.6. The Morgan fingerprint density at radius 2 is 0.958 bits per heavy atom. The molecule has 0 aliphatic rings. The summed E-state index contributed by atoms with van der Waals surface area (Å²) < 4.78 is 81.6. The van der Waals surface area contributed by atoms with Gasteiger partial charge in [-0.05, 0) is 75.6 Å². The summed E-state index contributed by atoms with van der Waals surface area (Å²) in [5.74, 6) is 0. The lowest BCUT2D eigenvalue weighted by molar-refractivity contribution is 0.673. The van der Waals surface area contributed by atoms with Crippen molar-refractivity contribution in [1.82, 2.24) is 0 Å². The Balaban J connectivity index is 1.42. The monoisotopic (exact) mass is 621 g/mol. The van der Waals surface area contributed by atoms with Crippen LogP contribution in [-0.2, 0) is 0 Å². The Labute approximate surface area is 291 Å². The first-order chi connectivity index (χ1) is 27.2. The van der Waals surface area contributed by atoms with Crippen molar-refractivity contribution >= 4 is 49.8 Å². The van der Waals surface area contributed by atoms with Gasteiger partial charge in [0.1, 0.15) is 11.2 Å². The summed E-state index contributed by atoms with van der Waals surface area (Å²) in [6.45, 7) is 0. The summed E-state index contributed by atoms with van der Waals surface area (Å²) in [7, 11) is 0. The van der Waals surface area contributed by atoms with Gasteiger partial charge in [-0.2, -0.15) is 0 Å². The number of benzene rings is 8. The van der Waals surface area contributed by atoms with Gasteiger partial charge >= 0.3 is 0 Å². The van der Waals surface area contributed by atoms with Crippen LogP contribution in [0.15, 0.2) is 192 Å². The lowest BCUT2D eigenvalue weighted by Crippen LogP contribution is -2.11. The van der Waals surface area contributed by atoms with E-state index in [9.17, 15) is 11.0 Å². The number of para-hydroxylation sites is 2. The summed E-state index contributed by atoms with van der Waals surface area (Å²) in [4.78, 5) is 1.38. The molecule has 48 heavy (non-hydrogen) atoms. The molecule has 9 rings (SSSR count). The molecule has 8 aromatic carbocycles. The highest BCUT2D eigenvalue weighted by molar-refractivity contribution is 6.22. The van der Waals surface area contributed by atoms with Crippen molar-refractivity contribution in [2.75, 3.05) is 4.90 Å². The molecule has 0 atom stereocenters. The minimum Gasteiger partial charge on any atom is -0.455 e. The third-order valence-electron chi connectivity index (χ3n) is 8.60. The van der Waals surface area contributed by atoms with E-state index >= 15 is 0 Å². The second kappa shape index (κ2) is 11.8. The van der Waals surface area contributed by atoms with Crippen LogP contribution < -0.4 is 4.90 Å². The normalized spacial score (nSPS) is 13.7. The van der Waals surface area contributed by atoms with Gasteiger partial charge in [-0.1, -0.05) is 145 Å². The molecule has 0 unspecified atom stereocenters. The molecule has 1 aromatic heterocycles. The van der Waals surface area contributed by atoms with Gasteiger partial charge in [-0.15, -0.1) is 0 Å². The molecule has 1 heterocycles. The number of rotatable bonds is 6. The van der Waals surface area contributed by atoms with Gasteiger partial charge in [-0.3, -0.25) is 0 Å². The molecule has 0 saturated carbocycles. The van der Waals surface area contributed by atoms with Crippen molar-refractivity contribution in [1.29, 1.82) is 0 Å². The number of hydrogen-bond acceptors (Lipinski definition) is 2. The molecule has 0 N–H and O–H groups in total. The maximum atomic E-state index is 9.51. The smallest absolute Gasteiger partial charge is 0.143 e. The first-order valence-electron chi connectivity index (χ1n) is 19.7. The van der Waals surface area contributed by atoms with Crippen molar-refractivity contribution in [3.8, 4) is 33.4 Å². The molecule has 2 nitrogen and oxygen atoms in total. The van der Waals surface area contributed by atoms with Crippen molar-refractivity contribution in [2.45, 2.75) is 0 Å². The predicted molar refractivity (Wildman–Crippen MR) is 202 cm³/mol. The quantitative estimate of drug-likeness (QED) is 0.184. The van der Waals surface area contributed by atoms with Crippen molar-refractivity contribution in [3.05, 3.63) is 188 Å². The minimum absolute atomic E-state index is 0.109. The van der Waals surface area contributed by atoms with Crippen LogP contribution >= 0.6 is 0 Å². The van der Waals surface area contributed by atoms with Crippen LogP contribution in [0.4, 0.5) is 17.1 Å². The number of anilines is 3. The summed E-state index contributed by atoms with van der Waals surface area (Å²) in [6.07, 6.45) is 0. The van der Waals surface area contributed by atoms with Crippen LogP contribution in [0.5, 0.6) is 0 Å². The van der Waals surface area contributed by atoms with Crippen LogP contribution in [0.3, 0.4) is 0 Å². The summed E-state index contributed by atoms with van der Waals surface area (Å²) >= 11 is 0. The molecule has 0 fully saturated rings. The van der Waals surface area contributed by atoms with Gasteiger partial charge in [0.2, 0.25) is 0 Å². The first-order valence-corrected chi connectivity index (χ1v) is 15.7. The topological polar surface area (TPSA) is 16.4 Å². The Hall–Kier alpha value is -6.38. The van der Waals surface area contributed by atoms with Gasteiger partial charge in [0.15, 0.2) is 0 Å². The highest BCUT2D eigenvalue weighted by Gasteiger charge is 2.22. The third-order valence-corrected chi connectivity index (χ3v) is 8.60. The van der Waals surface area contributed by atoms with E-state index in [0.29, 0.717) is 33.5 Å². The van der Waals surface area contributed by atoms with Crippen molar-refractivity contribution < 1.29 is 15.4 Å². The standard InChI is InChI=1S/C46H31NO/c1-3-13-32(14-4-1)34-23-27-37(28-24-34)47(38-29-25-35(26-30-38)33-15-5-2-6-16-33)43-21-11-9-19-40(43)42-31-36-17-7-8-18-39(36)46-45(42)41-20-10-12-22-44(41)48-46/h1-31H/i23D,24D,25D,26D,27D,28D,29D,30D. The van der Waals surface area contributed by atoms with Crippen LogP contribution in [0.25, 0.3) is 66.1 Å². The second-order valence-corrected chi connectivity index (χ2v) is 11.5. The summed E-state index contributed by atoms with van der Waals surface area (Å²) in [5, 5.41) is 3.47. The molecular formula is C46H31NO. The number of hydrogen-bond donors (Lipinski definition) is 0. The predicted octanol–water partition coefficient (Wildman–Crippen LogP) is 13.2. The molecule has 0 aliphatic carbocycles. The van der Waals surface area contributed by atoms with Crippen LogP contribution in [-0.4, -0.2) is 0 Å². The fraction of sp³-hybridized carbons (Fsp3) is 0. The molecule has 0 amide bonds. The lowest BCUT2D eigenvalue weighted by Gasteiger charge is -2.28. The molecule has 2 heteroatoms. The molecule has 0 spiro atoms. The van der Waals surface area contributed by atoms with Gasteiger partial charge in [0.25, 0.3) is 0 Å². The molecule has 9 aromatic rings. The highest BCUT2D eigenvalue weighted by atomic mass is 16.3. The van der Waals surface area contributed by atoms with Crippen LogP contribution in [0.1, 0.15) is 11.0 Å². The SMILES string of the molecule is [2H]c1c([2H])c(N(c2ccccc2-c2cc3ccccc3c3oc4ccccc4c23)c2c([2H])c([2H])c(-c3ccccc3)c([2H])c2[2H])c([2H])c([2H])c1-c1ccccc1. The fourth-order valence-corrected chi connectivity index (χ4v) is 6.36. The summed E-state index contributed by atoms with van der Waals surface area (Å²) in [5.41, 5.74) is 3.79. The third kappa shape index (κ3) is 4.83. The largest absolute Gasteiger partial charge is 0.455 e. The maximum Gasteiger partial charge on any atom is 0.143 e. The first kappa shape index (κ1) is 20.7. The number of fused-ring (bicyclic) bond motifs is 5. The van der Waals surface area contributed by atoms with E-state index in [1.165, 1.54) is 4.90 Å². The second-order valence-electron chi connectivity index (χ2n) is 11.5. The number of nitrogens with zero attached hydrogens (tertiary/aromatic N) is 1. The van der Waals surface area contributed by atoms with E-state index in [0.717, 1.165) is 27.1 Å². The molecule has 226 valence electrons. The Morgan fingerprint density at radius 1 is 0.438 bits per heavy atom. The van der Waals surface area contributed by atoms with Gasteiger partial charge < -0.3 is 9.32 Å². The average Bonchev–Trinajstić information content (AvgIpc) is 3.63. The van der Waals surface area contributed by atoms with Crippen molar-refractivity contribution in [3.63, 3.8) is 0 Å². The van der Waals surface area contributed by atoms with E-state index in [-0.39, 0.29) is 46.7 Å². The van der Waals surface area contributed by atoms with E-state index in [2.05, 4.69) is 0 Å². The van der Waals surface area contributed by atoms with Gasteiger partial charge in [-0.25, -0.2) is 0 Å². The molecular weight excluding hydrogens is 583 g/mol. The molecule has 0 aliphatic heterocycles. The Morgan fingerprint density at radius 3 is 1.60 bits per heavy atom. The highest BCUT2D eigenvalue weighted by Crippen LogP contribution is 2.47. The zero-order chi connectivity index (χ0) is 38.8. The van der Waals surface area contributed by atoms with Crippen LogP contribution in [0, 0.1) is 0 Å². The van der Waals surface area contributed by atoms with Gasteiger partial charge in [0, 0.05) is 33.1 Å². The summed E-state index contributed by atoms with van der Waals surface area (Å²) in [6, 6.07) is 39.6. The van der Waals surface area contributed by atoms with E-state index in [4.69, 9.17) is 4.42 Å². The average molecular weight is 622 g/mol. The fourth-order valence-electron chi connectivity index (χ4n) is 6.36. The van der Waals surface area contributed by atoms with E-state index in [1.54, 1.807) is 60.7 Å². The lowest BCUT2D eigenvalue weighted by atomic mass is 9.93. The molecule has 0 saturated heterocycles. The molecule has 0 radical (unpaired) electrons. The molecule has 0 bridgehead atoms. The van der Waals surface area contributed by atoms with Gasteiger partial charge in [0.05, 0.1) is 16.7 Å². The van der Waals surface area contributed by atoms with E-state index < -0.39 is 24.2 Å².